The Morgan fingerprint density at radius 1 is 1.13 bits per heavy atom. The largest absolute Gasteiger partial charge is 0.379 e. The van der Waals surface area contributed by atoms with Gasteiger partial charge in [0, 0.05) is 5.02 Å². The topological polar surface area (TPSA) is 43.4 Å². The van der Waals surface area contributed by atoms with Gasteiger partial charge in [-0.3, -0.25) is 0 Å². The second kappa shape index (κ2) is 7.20. The summed E-state index contributed by atoms with van der Waals surface area (Å²) < 4.78 is 29.7. The SMILES string of the molecule is Cc1cc(OS(=O)(=O)/C=C/c2ccccc2)c(C(C)C)cc1Cl. The van der Waals surface area contributed by atoms with Crippen LogP contribution in [0.25, 0.3) is 6.08 Å². The first-order chi connectivity index (χ1) is 10.8. The van der Waals surface area contributed by atoms with E-state index in [1.807, 2.05) is 51.1 Å². The molecule has 0 spiro atoms. The third kappa shape index (κ3) is 4.85. The zero-order valence-corrected chi connectivity index (χ0v) is 14.9. The van der Waals surface area contributed by atoms with Gasteiger partial charge in [0.2, 0.25) is 0 Å². The standard InChI is InChI=1S/C18H19ClO3S/c1-13(2)16-12-17(19)14(3)11-18(16)22-23(20,21)10-9-15-7-5-4-6-8-15/h4-13H,1-3H3/b10-9+. The zero-order valence-electron chi connectivity index (χ0n) is 13.3. The van der Waals surface area contributed by atoms with Crippen molar-refractivity contribution in [2.45, 2.75) is 26.7 Å². The Morgan fingerprint density at radius 2 is 1.78 bits per heavy atom. The van der Waals surface area contributed by atoms with E-state index in [4.69, 9.17) is 15.8 Å². The summed E-state index contributed by atoms with van der Waals surface area (Å²) in [6, 6.07) is 12.6. The summed E-state index contributed by atoms with van der Waals surface area (Å²) in [5.41, 5.74) is 2.32. The summed E-state index contributed by atoms with van der Waals surface area (Å²) in [6.45, 7) is 5.73. The van der Waals surface area contributed by atoms with Crippen LogP contribution in [0.4, 0.5) is 0 Å². The van der Waals surface area contributed by atoms with Crippen LogP contribution in [0.1, 0.15) is 36.5 Å². The minimum atomic E-state index is -3.84. The van der Waals surface area contributed by atoms with Gasteiger partial charge in [-0.05, 0) is 47.7 Å². The highest BCUT2D eigenvalue weighted by Gasteiger charge is 2.16. The van der Waals surface area contributed by atoms with Crippen molar-refractivity contribution in [3.63, 3.8) is 0 Å². The van der Waals surface area contributed by atoms with E-state index < -0.39 is 10.1 Å². The Kier molecular flexibility index (Phi) is 5.50. The molecule has 2 rings (SSSR count). The van der Waals surface area contributed by atoms with Gasteiger partial charge in [-0.1, -0.05) is 55.8 Å². The van der Waals surface area contributed by atoms with Crippen molar-refractivity contribution >= 4 is 27.8 Å². The quantitative estimate of drug-likeness (QED) is 0.700. The van der Waals surface area contributed by atoms with E-state index in [9.17, 15) is 8.42 Å². The lowest BCUT2D eigenvalue weighted by atomic mass is 10.0. The van der Waals surface area contributed by atoms with Gasteiger partial charge in [0.25, 0.3) is 0 Å². The average Bonchev–Trinajstić information content (AvgIpc) is 2.49. The van der Waals surface area contributed by atoms with Crippen molar-refractivity contribution in [1.29, 1.82) is 0 Å². The minimum Gasteiger partial charge on any atom is -0.379 e. The number of benzene rings is 2. The molecule has 2 aromatic carbocycles. The van der Waals surface area contributed by atoms with E-state index in [-0.39, 0.29) is 5.92 Å². The Morgan fingerprint density at radius 3 is 2.39 bits per heavy atom. The Labute approximate surface area is 142 Å². The molecule has 5 heteroatoms. The van der Waals surface area contributed by atoms with Crippen molar-refractivity contribution in [3.05, 3.63) is 69.6 Å². The molecule has 3 nitrogen and oxygen atoms in total. The van der Waals surface area contributed by atoms with Crippen LogP contribution in [0.2, 0.25) is 5.02 Å². The lowest BCUT2D eigenvalue weighted by molar-refractivity contribution is 0.491. The fourth-order valence-electron chi connectivity index (χ4n) is 2.07. The second-order valence-corrected chi connectivity index (χ2v) is 7.42. The lowest BCUT2D eigenvalue weighted by Crippen LogP contribution is -2.08. The molecule has 0 heterocycles. The minimum absolute atomic E-state index is 0.0939. The monoisotopic (exact) mass is 350 g/mol. The Hall–Kier alpha value is -1.78. The van der Waals surface area contributed by atoms with E-state index in [1.165, 1.54) is 6.08 Å². The normalized spacial score (nSPS) is 12.0. The van der Waals surface area contributed by atoms with Crippen LogP contribution < -0.4 is 4.18 Å². The zero-order chi connectivity index (χ0) is 17.0. The molecule has 0 unspecified atom stereocenters. The van der Waals surface area contributed by atoms with Gasteiger partial charge >= 0.3 is 10.1 Å². The summed E-state index contributed by atoms with van der Waals surface area (Å²) in [7, 11) is -3.84. The highest BCUT2D eigenvalue weighted by molar-refractivity contribution is 7.90. The Bertz CT molecular complexity index is 810. The molecule has 0 bridgehead atoms. The third-order valence-electron chi connectivity index (χ3n) is 3.35. The molecule has 122 valence electrons. The molecule has 0 aliphatic rings. The number of halogens is 1. The van der Waals surface area contributed by atoms with Crippen molar-refractivity contribution in [2.24, 2.45) is 0 Å². The Balaban J connectivity index is 2.30. The molecule has 0 saturated heterocycles. The molecule has 0 N–H and O–H groups in total. The van der Waals surface area contributed by atoms with Gasteiger partial charge < -0.3 is 4.18 Å². The second-order valence-electron chi connectivity index (χ2n) is 5.58. The van der Waals surface area contributed by atoms with Crippen molar-refractivity contribution in [3.8, 4) is 5.75 Å². The van der Waals surface area contributed by atoms with Crippen LogP contribution >= 0.6 is 11.6 Å². The van der Waals surface area contributed by atoms with Crippen LogP contribution in [0, 0.1) is 6.92 Å². The third-order valence-corrected chi connectivity index (χ3v) is 4.63. The first kappa shape index (κ1) is 17.6. The van der Waals surface area contributed by atoms with Gasteiger partial charge in [0.15, 0.2) is 0 Å². The van der Waals surface area contributed by atoms with Crippen molar-refractivity contribution in [2.75, 3.05) is 0 Å². The van der Waals surface area contributed by atoms with Crippen LogP contribution in [-0.2, 0) is 10.1 Å². The smallest absolute Gasteiger partial charge is 0.332 e. The molecule has 0 saturated carbocycles. The van der Waals surface area contributed by atoms with Crippen molar-refractivity contribution in [1.82, 2.24) is 0 Å². The van der Waals surface area contributed by atoms with Crippen LogP contribution in [0.15, 0.2) is 47.9 Å². The van der Waals surface area contributed by atoms with Gasteiger partial charge in [-0.2, -0.15) is 8.42 Å². The van der Waals surface area contributed by atoms with Gasteiger partial charge in [0.1, 0.15) is 5.75 Å². The van der Waals surface area contributed by atoms with Gasteiger partial charge in [-0.15, -0.1) is 0 Å². The van der Waals surface area contributed by atoms with Crippen LogP contribution in [0.3, 0.4) is 0 Å². The maximum Gasteiger partial charge on any atom is 0.332 e. The lowest BCUT2D eigenvalue weighted by Gasteiger charge is -2.14. The molecular formula is C18H19ClO3S. The van der Waals surface area contributed by atoms with E-state index in [2.05, 4.69) is 0 Å². The molecule has 0 fully saturated rings. The average molecular weight is 351 g/mol. The summed E-state index contributed by atoms with van der Waals surface area (Å²) in [5, 5.41) is 1.66. The number of hydrogen-bond donors (Lipinski definition) is 0. The van der Waals surface area contributed by atoms with E-state index in [0.29, 0.717) is 10.8 Å². The molecule has 0 atom stereocenters. The highest BCUT2D eigenvalue weighted by Crippen LogP contribution is 2.33. The first-order valence-corrected chi connectivity index (χ1v) is 9.11. The predicted octanol–water partition coefficient (Wildman–Crippen LogP) is 5.15. The van der Waals surface area contributed by atoms with Crippen LogP contribution in [-0.4, -0.2) is 8.42 Å². The molecule has 0 aliphatic carbocycles. The number of rotatable bonds is 5. The van der Waals surface area contributed by atoms with Gasteiger partial charge in [-0.25, -0.2) is 0 Å². The highest BCUT2D eigenvalue weighted by atomic mass is 35.5. The number of hydrogen-bond acceptors (Lipinski definition) is 3. The molecule has 0 amide bonds. The fourth-order valence-corrected chi connectivity index (χ4v) is 3.02. The first-order valence-electron chi connectivity index (χ1n) is 7.26. The fraction of sp³-hybridized carbons (Fsp3) is 0.222. The van der Waals surface area contributed by atoms with E-state index >= 15 is 0 Å². The summed E-state index contributed by atoms with van der Waals surface area (Å²) in [6.07, 6.45) is 1.51. The van der Waals surface area contributed by atoms with E-state index in [1.54, 1.807) is 12.1 Å². The molecule has 0 radical (unpaired) electrons. The predicted molar refractivity (Wildman–Crippen MR) is 95.3 cm³/mol. The van der Waals surface area contributed by atoms with Gasteiger partial charge in [0.05, 0.1) is 5.41 Å². The van der Waals surface area contributed by atoms with E-state index in [0.717, 1.165) is 22.1 Å². The molecule has 23 heavy (non-hydrogen) atoms. The molecular weight excluding hydrogens is 332 g/mol. The summed E-state index contributed by atoms with van der Waals surface area (Å²) >= 11 is 6.12. The van der Waals surface area contributed by atoms with Crippen LogP contribution in [0.5, 0.6) is 5.75 Å². The summed E-state index contributed by atoms with van der Waals surface area (Å²) in [5.74, 6) is 0.413. The molecule has 0 aliphatic heterocycles. The maximum atomic E-state index is 12.2. The number of aryl methyl sites for hydroxylation is 1. The molecule has 0 aromatic heterocycles. The summed E-state index contributed by atoms with van der Waals surface area (Å²) in [4.78, 5) is 0. The van der Waals surface area contributed by atoms with Crippen molar-refractivity contribution < 1.29 is 12.6 Å². The maximum absolute atomic E-state index is 12.2. The molecule has 2 aromatic rings.